The normalized spacial score (nSPS) is 10.2. The van der Waals surface area contributed by atoms with Crippen molar-refractivity contribution < 1.29 is 0 Å². The maximum atomic E-state index is 5.74. The Hall–Kier alpha value is -1.94. The number of nitrogens with one attached hydrogen (secondary N) is 1. The lowest BCUT2D eigenvalue weighted by Crippen LogP contribution is -2.12. The lowest BCUT2D eigenvalue weighted by molar-refractivity contribution is 1.13. The van der Waals surface area contributed by atoms with Crippen LogP contribution in [0.3, 0.4) is 0 Å². The Morgan fingerprint density at radius 1 is 1.37 bits per heavy atom. The minimum atomic E-state index is 0.372. The van der Waals surface area contributed by atoms with Crippen LogP contribution in [-0.2, 0) is 6.42 Å². The Balaban J connectivity index is 2.45. The van der Waals surface area contributed by atoms with E-state index in [4.69, 9.17) is 18.0 Å². The minimum absolute atomic E-state index is 0.372. The highest BCUT2D eigenvalue weighted by Crippen LogP contribution is 2.26. The summed E-state index contributed by atoms with van der Waals surface area (Å²) in [5.74, 6) is 0. The molecule has 0 spiro atoms. The van der Waals surface area contributed by atoms with Crippen molar-refractivity contribution in [2.45, 2.75) is 20.3 Å². The molecule has 0 saturated heterocycles. The highest BCUT2D eigenvalue weighted by atomic mass is 32.1. The lowest BCUT2D eigenvalue weighted by atomic mass is 10.1. The van der Waals surface area contributed by atoms with Gasteiger partial charge in [-0.1, -0.05) is 37.3 Å². The van der Waals surface area contributed by atoms with E-state index in [9.17, 15) is 0 Å². The summed E-state index contributed by atoms with van der Waals surface area (Å²) in [7, 11) is 0. The first-order valence-corrected chi connectivity index (χ1v) is 6.63. The van der Waals surface area contributed by atoms with Crippen LogP contribution in [0.4, 0.5) is 11.4 Å². The third-order valence-electron chi connectivity index (χ3n) is 3.09. The monoisotopic (exact) mass is 271 g/mol. The van der Waals surface area contributed by atoms with Crippen molar-refractivity contribution in [2.75, 3.05) is 5.32 Å². The number of nitrogens with two attached hydrogens (primary N) is 1. The highest BCUT2D eigenvalue weighted by molar-refractivity contribution is 7.80. The molecule has 2 aromatic rings. The largest absolute Gasteiger partial charge is 0.389 e. The van der Waals surface area contributed by atoms with Crippen molar-refractivity contribution in [1.82, 2.24) is 4.98 Å². The summed E-state index contributed by atoms with van der Waals surface area (Å²) < 4.78 is 0. The number of hydrogen-bond acceptors (Lipinski definition) is 3. The molecule has 0 bridgehead atoms. The number of benzene rings is 1. The zero-order valence-corrected chi connectivity index (χ0v) is 11.9. The van der Waals surface area contributed by atoms with Crippen LogP contribution < -0.4 is 11.1 Å². The van der Waals surface area contributed by atoms with Gasteiger partial charge in [0, 0.05) is 17.4 Å². The molecule has 3 nitrogen and oxygen atoms in total. The van der Waals surface area contributed by atoms with Crippen LogP contribution in [0, 0.1) is 6.92 Å². The average molecular weight is 271 g/mol. The molecule has 19 heavy (non-hydrogen) atoms. The number of para-hydroxylation sites is 1. The smallest absolute Gasteiger partial charge is 0.106 e. The molecular formula is C15H17N3S. The van der Waals surface area contributed by atoms with Gasteiger partial charge in [-0.05, 0) is 30.5 Å². The van der Waals surface area contributed by atoms with E-state index in [0.29, 0.717) is 4.99 Å². The standard InChI is InChI=1S/C15H17N3S/c1-3-11-6-4-5-10(2)14(11)18-13-9-17-8-7-12(13)15(16)19/h4-9,18H,3H2,1-2H3,(H2,16,19). The molecule has 0 atom stereocenters. The van der Waals surface area contributed by atoms with Gasteiger partial charge in [0.1, 0.15) is 4.99 Å². The molecule has 0 saturated carbocycles. The van der Waals surface area contributed by atoms with Crippen molar-refractivity contribution in [3.05, 3.63) is 53.3 Å². The number of thiocarbonyl (C=S) groups is 1. The van der Waals surface area contributed by atoms with E-state index in [-0.39, 0.29) is 0 Å². The lowest BCUT2D eigenvalue weighted by Gasteiger charge is -2.16. The Morgan fingerprint density at radius 3 is 2.84 bits per heavy atom. The van der Waals surface area contributed by atoms with Gasteiger partial charge in [-0.3, -0.25) is 4.98 Å². The molecule has 2 rings (SSSR count). The van der Waals surface area contributed by atoms with Gasteiger partial charge < -0.3 is 11.1 Å². The summed E-state index contributed by atoms with van der Waals surface area (Å²) in [4.78, 5) is 4.50. The summed E-state index contributed by atoms with van der Waals surface area (Å²) in [6.45, 7) is 4.22. The van der Waals surface area contributed by atoms with Crippen molar-refractivity contribution >= 4 is 28.6 Å². The number of nitrogens with zero attached hydrogens (tertiary/aromatic N) is 1. The summed E-state index contributed by atoms with van der Waals surface area (Å²) >= 11 is 5.07. The number of hydrogen-bond donors (Lipinski definition) is 2. The van der Waals surface area contributed by atoms with Crippen LogP contribution in [-0.4, -0.2) is 9.97 Å². The maximum absolute atomic E-state index is 5.74. The Labute approximate surface area is 118 Å². The average Bonchev–Trinajstić information content (AvgIpc) is 2.41. The van der Waals surface area contributed by atoms with Crippen molar-refractivity contribution in [3.63, 3.8) is 0 Å². The predicted molar refractivity (Wildman–Crippen MR) is 84.0 cm³/mol. The molecule has 0 unspecified atom stereocenters. The molecule has 98 valence electrons. The zero-order valence-electron chi connectivity index (χ0n) is 11.1. The molecular weight excluding hydrogens is 254 g/mol. The minimum Gasteiger partial charge on any atom is -0.389 e. The van der Waals surface area contributed by atoms with Crippen LogP contribution in [0.1, 0.15) is 23.6 Å². The molecule has 0 amide bonds. The fraction of sp³-hybridized carbons (Fsp3) is 0.200. The Bertz CT molecular complexity index is 608. The third-order valence-corrected chi connectivity index (χ3v) is 3.31. The van der Waals surface area contributed by atoms with Gasteiger partial charge in [-0.25, -0.2) is 0 Å². The molecule has 1 heterocycles. The van der Waals surface area contributed by atoms with Crippen molar-refractivity contribution in [1.29, 1.82) is 0 Å². The fourth-order valence-corrected chi connectivity index (χ4v) is 2.22. The Kier molecular flexibility index (Phi) is 4.12. The summed E-state index contributed by atoms with van der Waals surface area (Å²) in [6, 6.07) is 8.09. The predicted octanol–water partition coefficient (Wildman–Crippen LogP) is 3.33. The summed E-state index contributed by atoms with van der Waals surface area (Å²) in [6.07, 6.45) is 4.41. The molecule has 0 radical (unpaired) electrons. The molecule has 0 aliphatic carbocycles. The van der Waals surface area contributed by atoms with Gasteiger partial charge in [0.05, 0.1) is 11.9 Å². The van der Waals surface area contributed by atoms with Gasteiger partial charge in [0.15, 0.2) is 0 Å². The first-order chi connectivity index (χ1) is 9.13. The zero-order chi connectivity index (χ0) is 13.8. The first kappa shape index (κ1) is 13.5. The second-order valence-corrected chi connectivity index (χ2v) is 4.81. The van der Waals surface area contributed by atoms with Crippen LogP contribution in [0.5, 0.6) is 0 Å². The van der Waals surface area contributed by atoms with Gasteiger partial charge >= 0.3 is 0 Å². The van der Waals surface area contributed by atoms with Crippen molar-refractivity contribution in [3.8, 4) is 0 Å². The van der Waals surface area contributed by atoms with Gasteiger partial charge in [0.25, 0.3) is 0 Å². The Morgan fingerprint density at radius 2 is 2.16 bits per heavy atom. The van der Waals surface area contributed by atoms with E-state index >= 15 is 0 Å². The van der Waals surface area contributed by atoms with E-state index < -0.39 is 0 Å². The second kappa shape index (κ2) is 5.80. The first-order valence-electron chi connectivity index (χ1n) is 6.22. The summed E-state index contributed by atoms with van der Waals surface area (Å²) in [5, 5.41) is 3.41. The van der Waals surface area contributed by atoms with Crippen LogP contribution >= 0.6 is 12.2 Å². The number of rotatable bonds is 4. The quantitative estimate of drug-likeness (QED) is 0.837. The molecule has 1 aromatic carbocycles. The molecule has 0 aliphatic rings. The fourth-order valence-electron chi connectivity index (χ4n) is 2.05. The van der Waals surface area contributed by atoms with Crippen LogP contribution in [0.2, 0.25) is 0 Å². The topological polar surface area (TPSA) is 50.9 Å². The maximum Gasteiger partial charge on any atom is 0.106 e. The summed E-state index contributed by atoms with van der Waals surface area (Å²) in [5.41, 5.74) is 11.0. The van der Waals surface area contributed by atoms with Gasteiger partial charge in [-0.15, -0.1) is 0 Å². The molecule has 0 fully saturated rings. The number of aromatic nitrogens is 1. The molecule has 4 heteroatoms. The number of aryl methyl sites for hydroxylation is 2. The van der Waals surface area contributed by atoms with E-state index in [1.807, 2.05) is 6.07 Å². The van der Waals surface area contributed by atoms with Crippen molar-refractivity contribution in [2.24, 2.45) is 5.73 Å². The number of anilines is 2. The molecule has 3 N–H and O–H groups in total. The number of pyridine rings is 1. The van der Waals surface area contributed by atoms with E-state index in [1.54, 1.807) is 12.4 Å². The molecule has 1 aromatic heterocycles. The van der Waals surface area contributed by atoms with E-state index in [1.165, 1.54) is 11.1 Å². The van der Waals surface area contributed by atoms with Gasteiger partial charge in [-0.2, -0.15) is 0 Å². The molecule has 0 aliphatic heterocycles. The van der Waals surface area contributed by atoms with Crippen LogP contribution in [0.15, 0.2) is 36.7 Å². The third kappa shape index (κ3) is 2.90. The SMILES string of the molecule is CCc1cccc(C)c1Nc1cnccc1C(N)=S. The second-order valence-electron chi connectivity index (χ2n) is 4.37. The highest BCUT2D eigenvalue weighted by Gasteiger charge is 2.09. The van der Waals surface area contributed by atoms with E-state index in [0.717, 1.165) is 23.4 Å². The van der Waals surface area contributed by atoms with Gasteiger partial charge in [0.2, 0.25) is 0 Å². The van der Waals surface area contributed by atoms with Crippen LogP contribution in [0.25, 0.3) is 0 Å². The van der Waals surface area contributed by atoms with E-state index in [2.05, 4.69) is 42.3 Å².